The molecule has 4 unspecified atom stereocenters. The third kappa shape index (κ3) is 3.99. The molecule has 4 fully saturated rings. The first-order chi connectivity index (χ1) is 21.1. The first-order valence-electron chi connectivity index (χ1n) is 16.2. The van der Waals surface area contributed by atoms with Crippen LogP contribution in [0.4, 0.5) is 0 Å². The van der Waals surface area contributed by atoms with Crippen LogP contribution in [0.5, 0.6) is 0 Å². The highest BCUT2D eigenvalue weighted by Crippen LogP contribution is 2.67. The van der Waals surface area contributed by atoms with Crippen LogP contribution in [0.2, 0.25) is 0 Å². The molecule has 2 aliphatic carbocycles. The first-order valence-corrected chi connectivity index (χ1v) is 17.6. The Balaban J connectivity index is 1.35. The average molecular weight is 616 g/mol. The molecular formula is C34H41N5O4S. The fraction of sp³-hybridized carbons (Fsp3) is 0.529. The van der Waals surface area contributed by atoms with Gasteiger partial charge in [0.15, 0.2) is 0 Å². The lowest BCUT2D eigenvalue weighted by Gasteiger charge is -2.43. The molecule has 10 heteroatoms. The summed E-state index contributed by atoms with van der Waals surface area (Å²) in [6.45, 7) is 1.80. The number of likely N-dealkylation sites (tertiary alicyclic amines) is 1. The minimum absolute atomic E-state index is 0.0687. The molecule has 0 radical (unpaired) electrons. The first kappa shape index (κ1) is 28.3. The number of amides is 2. The molecule has 2 amide bonds. The van der Waals surface area contributed by atoms with Crippen LogP contribution < -0.4 is 4.72 Å². The number of benzene rings is 2. The summed E-state index contributed by atoms with van der Waals surface area (Å²) < 4.78 is 30.6. The SMILES string of the molecule is CN1CC2CCC(C1)N2C(=O)C12CC1c1ccccc1-c1c(C3CCCCC3)c3ccc(C(=O)NS(=O)(=O)N(C)C)cc3n12. The van der Waals surface area contributed by atoms with Gasteiger partial charge >= 0.3 is 10.2 Å². The Labute approximate surface area is 259 Å². The number of nitrogens with one attached hydrogen (secondary N) is 1. The van der Waals surface area contributed by atoms with Gasteiger partial charge in [0.05, 0.1) is 11.2 Å². The molecule has 5 aliphatic rings. The normalized spacial score (nSPS) is 28.1. The highest BCUT2D eigenvalue weighted by Gasteiger charge is 2.68. The minimum Gasteiger partial charge on any atom is -0.332 e. The van der Waals surface area contributed by atoms with Crippen LogP contribution in [0.15, 0.2) is 42.5 Å². The van der Waals surface area contributed by atoms with Crippen molar-refractivity contribution in [3.63, 3.8) is 0 Å². The van der Waals surface area contributed by atoms with Crippen molar-refractivity contribution in [2.24, 2.45) is 0 Å². The van der Waals surface area contributed by atoms with E-state index in [0.29, 0.717) is 5.92 Å². The van der Waals surface area contributed by atoms with E-state index in [-0.39, 0.29) is 29.5 Å². The fourth-order valence-electron chi connectivity index (χ4n) is 9.09. The molecule has 8 rings (SSSR count). The number of nitrogens with zero attached hydrogens (tertiary/aromatic N) is 4. The van der Waals surface area contributed by atoms with Crippen molar-refractivity contribution < 1.29 is 18.0 Å². The van der Waals surface area contributed by atoms with Crippen LogP contribution in [0.25, 0.3) is 22.2 Å². The van der Waals surface area contributed by atoms with E-state index in [4.69, 9.17) is 0 Å². The van der Waals surface area contributed by atoms with E-state index in [9.17, 15) is 13.2 Å². The molecule has 0 spiro atoms. The molecule has 2 saturated heterocycles. The largest absolute Gasteiger partial charge is 0.332 e. The topological polar surface area (TPSA) is 95.0 Å². The number of piperazine rings is 1. The van der Waals surface area contributed by atoms with Gasteiger partial charge in [0.2, 0.25) is 5.91 Å². The third-order valence-corrected chi connectivity index (χ3v) is 12.6. The molecule has 9 nitrogen and oxygen atoms in total. The number of fused-ring (bicyclic) bond motifs is 10. The van der Waals surface area contributed by atoms with Gasteiger partial charge in [-0.15, -0.1) is 0 Å². The zero-order valence-electron chi connectivity index (χ0n) is 25.8. The summed E-state index contributed by atoms with van der Waals surface area (Å²) >= 11 is 0. The second-order valence-electron chi connectivity index (χ2n) is 14.0. The molecule has 1 N–H and O–H groups in total. The second-order valence-corrected chi connectivity index (χ2v) is 15.9. The van der Waals surface area contributed by atoms with E-state index in [1.807, 2.05) is 12.1 Å². The van der Waals surface area contributed by atoms with Gasteiger partial charge in [0.1, 0.15) is 5.54 Å². The molecule has 2 aromatic carbocycles. The summed E-state index contributed by atoms with van der Waals surface area (Å²) in [5.74, 6) is -0.0156. The van der Waals surface area contributed by atoms with E-state index >= 15 is 4.79 Å². The third-order valence-electron chi connectivity index (χ3n) is 11.2. The molecule has 2 saturated carbocycles. The maximum atomic E-state index is 15.1. The van der Waals surface area contributed by atoms with Crippen molar-refractivity contribution >= 4 is 32.9 Å². The predicted octanol–water partition coefficient (Wildman–Crippen LogP) is 4.39. The molecule has 3 aromatic rings. The fourth-order valence-corrected chi connectivity index (χ4v) is 9.62. The minimum atomic E-state index is -3.96. The Morgan fingerprint density at radius 3 is 2.36 bits per heavy atom. The van der Waals surface area contributed by atoms with Crippen LogP contribution in [-0.4, -0.2) is 85.2 Å². The van der Waals surface area contributed by atoms with Crippen molar-refractivity contribution in [1.82, 2.24) is 23.4 Å². The summed E-state index contributed by atoms with van der Waals surface area (Å²) in [7, 11) is 0.980. The van der Waals surface area contributed by atoms with Crippen LogP contribution in [-0.2, 0) is 20.5 Å². The maximum absolute atomic E-state index is 15.1. The number of aromatic nitrogens is 1. The van der Waals surface area contributed by atoms with Crippen LogP contribution in [0, 0.1) is 0 Å². The number of hydrogen-bond donors (Lipinski definition) is 1. The Morgan fingerprint density at radius 2 is 1.66 bits per heavy atom. The summed E-state index contributed by atoms with van der Waals surface area (Å²) in [6.07, 6.45) is 8.61. The van der Waals surface area contributed by atoms with Crippen LogP contribution in [0.3, 0.4) is 0 Å². The van der Waals surface area contributed by atoms with Crippen LogP contribution >= 0.6 is 0 Å². The monoisotopic (exact) mass is 615 g/mol. The molecular weight excluding hydrogens is 574 g/mol. The number of carbonyl (C=O) groups excluding carboxylic acids is 2. The van der Waals surface area contributed by atoms with Crippen molar-refractivity contribution in [1.29, 1.82) is 0 Å². The highest BCUT2D eigenvalue weighted by molar-refractivity contribution is 7.87. The quantitative estimate of drug-likeness (QED) is 0.460. The van der Waals surface area contributed by atoms with Crippen molar-refractivity contribution in [3.8, 4) is 11.3 Å². The van der Waals surface area contributed by atoms with E-state index in [1.54, 1.807) is 6.07 Å². The molecule has 2 bridgehead atoms. The van der Waals surface area contributed by atoms with Gasteiger partial charge in [0.25, 0.3) is 5.91 Å². The maximum Gasteiger partial charge on any atom is 0.303 e. The van der Waals surface area contributed by atoms with E-state index in [2.05, 4.69) is 50.4 Å². The Bertz CT molecular complexity index is 1800. The van der Waals surface area contributed by atoms with Crippen molar-refractivity contribution in [2.45, 2.75) is 80.8 Å². The van der Waals surface area contributed by atoms with Gasteiger partial charge in [-0.3, -0.25) is 9.59 Å². The van der Waals surface area contributed by atoms with Crippen LogP contribution in [0.1, 0.15) is 84.7 Å². The van der Waals surface area contributed by atoms with Gasteiger partial charge in [-0.25, -0.2) is 4.72 Å². The van der Waals surface area contributed by atoms with Crippen molar-refractivity contribution in [2.75, 3.05) is 34.2 Å². The smallest absolute Gasteiger partial charge is 0.303 e. The summed E-state index contributed by atoms with van der Waals surface area (Å²) in [4.78, 5) is 33.0. The second kappa shape index (κ2) is 9.89. The van der Waals surface area contributed by atoms with Gasteiger partial charge in [-0.05, 0) is 68.3 Å². The number of rotatable bonds is 5. The summed E-state index contributed by atoms with van der Waals surface area (Å²) in [5.41, 5.74) is 5.26. The Hall–Kier alpha value is -3.21. The zero-order valence-corrected chi connectivity index (χ0v) is 26.6. The molecule has 4 atom stereocenters. The van der Waals surface area contributed by atoms with Gasteiger partial charge in [-0.2, -0.15) is 12.7 Å². The lowest BCUT2D eigenvalue weighted by atomic mass is 9.80. The highest BCUT2D eigenvalue weighted by atomic mass is 32.2. The number of carbonyl (C=O) groups is 2. The summed E-state index contributed by atoms with van der Waals surface area (Å²) in [5, 5.41) is 1.08. The Morgan fingerprint density at radius 1 is 0.955 bits per heavy atom. The number of likely N-dealkylation sites (N-methyl/N-ethyl adjacent to an activating group) is 1. The zero-order chi connectivity index (χ0) is 30.5. The molecule has 232 valence electrons. The molecule has 44 heavy (non-hydrogen) atoms. The van der Waals surface area contributed by atoms with E-state index in [0.717, 1.165) is 66.1 Å². The van der Waals surface area contributed by atoms with Crippen molar-refractivity contribution in [3.05, 3.63) is 59.2 Å². The van der Waals surface area contributed by atoms with E-state index < -0.39 is 21.7 Å². The van der Waals surface area contributed by atoms with Gasteiger partial charge in [0, 0.05) is 61.7 Å². The van der Waals surface area contributed by atoms with Gasteiger partial charge in [-0.1, -0.05) is 49.6 Å². The average Bonchev–Trinajstić information content (AvgIpc) is 3.59. The van der Waals surface area contributed by atoms with E-state index in [1.165, 1.54) is 50.0 Å². The molecule has 1 aromatic heterocycles. The lowest BCUT2D eigenvalue weighted by molar-refractivity contribution is -0.142. The lowest BCUT2D eigenvalue weighted by Crippen LogP contribution is -2.58. The Kier molecular flexibility index (Phi) is 6.36. The molecule has 3 aliphatic heterocycles. The molecule has 4 heterocycles. The predicted molar refractivity (Wildman–Crippen MR) is 170 cm³/mol. The van der Waals surface area contributed by atoms with Gasteiger partial charge < -0.3 is 14.4 Å². The standard InChI is InChI=1S/C34H41N5O4S/c1-36(2)44(42,43)35-32(40)22-13-16-27-29(17-22)39-31(30(27)21-9-5-4-6-10-21)26-12-8-7-11-25(26)28-18-34(28,39)33(41)38-23-14-15-24(38)20-37(3)19-23/h7-8,11-13,16-17,21,23-24,28H,4-6,9-10,14-15,18-20H2,1-3H3,(H,35,40). The number of hydrogen-bond acceptors (Lipinski definition) is 5. The summed E-state index contributed by atoms with van der Waals surface area (Å²) in [6, 6.07) is 14.6.